The van der Waals surface area contributed by atoms with Gasteiger partial charge in [-0.15, -0.1) is 0 Å². The Morgan fingerprint density at radius 1 is 0.130 bits per heavy atom. The van der Waals surface area contributed by atoms with Crippen LogP contribution in [0.4, 0.5) is 0 Å². The molecule has 0 bridgehead atoms. The summed E-state index contributed by atoms with van der Waals surface area (Å²) in [5.41, 5.74) is 0. The minimum atomic E-state index is 0. The van der Waals surface area contributed by atoms with Crippen LogP contribution in [0.2, 0.25) is 0 Å². The van der Waals surface area contributed by atoms with Gasteiger partial charge in [-0.3, -0.25) is 0 Å². The van der Waals surface area contributed by atoms with Crippen LogP contribution in [-0.2, 0) is 19.5 Å². The molecule has 0 rings (SSSR count). The number of quaternary nitrogens is 4. The second-order valence-electron chi connectivity index (χ2n) is 22.6. The number of hydrogen-bond donors (Lipinski definition) is 0. The number of unbranched alkanes of at least 4 members (excludes halogenated alkanes) is 16. The molecule has 0 fully saturated rings. The molecule has 0 aromatic heterocycles. The normalized spacial score (nSPS) is 11.8. The van der Waals surface area contributed by atoms with Gasteiger partial charge in [0.25, 0.3) is 0 Å². The van der Waals surface area contributed by atoms with Crippen molar-refractivity contribution in [2.75, 3.05) is 105 Å². The third-order valence-electron chi connectivity index (χ3n) is 15.8. The molecular formula is C64H144N4Ru+6. The summed E-state index contributed by atoms with van der Waals surface area (Å²) in [6.07, 6.45) is 44.2. The van der Waals surface area contributed by atoms with Crippen molar-refractivity contribution in [3.05, 3.63) is 0 Å². The van der Waals surface area contributed by atoms with E-state index in [4.69, 9.17) is 0 Å². The Morgan fingerprint density at radius 3 is 0.232 bits per heavy atom. The zero-order valence-electron chi connectivity index (χ0n) is 52.1. The van der Waals surface area contributed by atoms with Crippen molar-refractivity contribution in [3.63, 3.8) is 0 Å². The molecule has 0 saturated carbocycles. The second-order valence-corrected chi connectivity index (χ2v) is 22.6. The summed E-state index contributed by atoms with van der Waals surface area (Å²) in [4.78, 5) is 0. The van der Waals surface area contributed by atoms with Crippen molar-refractivity contribution in [1.82, 2.24) is 0 Å². The monoisotopic (exact) mass is 1070 g/mol. The molecule has 0 aromatic rings. The largest absolute Gasteiger partial charge is 2.00 e. The van der Waals surface area contributed by atoms with E-state index in [9.17, 15) is 0 Å². The summed E-state index contributed by atoms with van der Waals surface area (Å²) >= 11 is 0. The SMILES string of the molecule is CCCC[N+](CCCC)(CCCC)CCCC.CCCC[N+](CCCC)(CCCC)CCCC.CCCC[N+](CCCC)(CCCC)CCCC.CCCC[N+](CCCC)(CCCC)CCCC.[Ru+2]. The van der Waals surface area contributed by atoms with Crippen molar-refractivity contribution < 1.29 is 37.4 Å². The van der Waals surface area contributed by atoms with E-state index in [1.807, 2.05) is 0 Å². The topological polar surface area (TPSA) is 0 Å². The Hall–Kier alpha value is 0.463. The molecule has 0 aromatic carbocycles. The van der Waals surface area contributed by atoms with E-state index in [1.165, 1.54) is 328 Å². The van der Waals surface area contributed by atoms with Crippen molar-refractivity contribution in [1.29, 1.82) is 0 Å². The molecule has 0 aliphatic carbocycles. The van der Waals surface area contributed by atoms with E-state index >= 15 is 0 Å². The zero-order chi connectivity index (χ0) is 51.9. The van der Waals surface area contributed by atoms with Crippen LogP contribution >= 0.6 is 0 Å². The van der Waals surface area contributed by atoms with Gasteiger partial charge >= 0.3 is 19.5 Å². The maximum atomic E-state index is 2.33. The molecule has 422 valence electrons. The van der Waals surface area contributed by atoms with Gasteiger partial charge in [-0.25, -0.2) is 0 Å². The Labute approximate surface area is 456 Å². The molecule has 4 nitrogen and oxygen atoms in total. The Kier molecular flexibility index (Phi) is 67.4. The quantitative estimate of drug-likeness (QED) is 0.0421. The molecule has 0 radical (unpaired) electrons. The van der Waals surface area contributed by atoms with E-state index < -0.39 is 0 Å². The minimum Gasteiger partial charge on any atom is -0.324 e. The van der Waals surface area contributed by atoms with Gasteiger partial charge in [-0.2, -0.15) is 0 Å². The first-order valence-electron chi connectivity index (χ1n) is 32.4. The summed E-state index contributed by atoms with van der Waals surface area (Å²) in [5.74, 6) is 0. The van der Waals surface area contributed by atoms with Gasteiger partial charge in [-0.05, 0) is 103 Å². The minimum absolute atomic E-state index is 0. The third-order valence-corrected chi connectivity index (χ3v) is 15.8. The van der Waals surface area contributed by atoms with Gasteiger partial charge in [0.1, 0.15) is 0 Å². The summed E-state index contributed by atoms with van der Waals surface area (Å²) in [7, 11) is 0. The van der Waals surface area contributed by atoms with Crippen molar-refractivity contribution in [2.45, 2.75) is 316 Å². The molecule has 0 amide bonds. The fourth-order valence-corrected chi connectivity index (χ4v) is 10.6. The first-order valence-corrected chi connectivity index (χ1v) is 32.4. The van der Waals surface area contributed by atoms with Crippen molar-refractivity contribution in [3.8, 4) is 0 Å². The maximum Gasteiger partial charge on any atom is 2.00 e. The molecule has 0 spiro atoms. The van der Waals surface area contributed by atoms with Crippen LogP contribution < -0.4 is 0 Å². The van der Waals surface area contributed by atoms with Crippen LogP contribution in [0.15, 0.2) is 0 Å². The summed E-state index contributed by atoms with van der Waals surface area (Å²) in [6, 6.07) is 0. The number of rotatable bonds is 48. The van der Waals surface area contributed by atoms with Crippen molar-refractivity contribution >= 4 is 0 Å². The summed E-state index contributed by atoms with van der Waals surface area (Å²) < 4.78 is 5.68. The first-order chi connectivity index (χ1) is 33.0. The molecule has 0 unspecified atom stereocenters. The maximum absolute atomic E-state index is 2.33. The van der Waals surface area contributed by atoms with E-state index in [1.54, 1.807) is 0 Å². The molecule has 5 heteroatoms. The van der Waals surface area contributed by atoms with Gasteiger partial charge in [0.15, 0.2) is 0 Å². The third kappa shape index (κ3) is 46.7. The van der Waals surface area contributed by atoms with E-state index in [2.05, 4.69) is 111 Å². The standard InChI is InChI=1S/4C16H36N.Ru/c4*1-5-9-13-17(14-10-6-2,15-11-7-3)16-12-8-4;/h4*5-16H2,1-4H3;/q4*+1;+2. The van der Waals surface area contributed by atoms with E-state index in [-0.39, 0.29) is 19.5 Å². The van der Waals surface area contributed by atoms with Gasteiger partial charge in [-0.1, -0.05) is 214 Å². The van der Waals surface area contributed by atoms with E-state index in [0.717, 1.165) is 0 Å². The predicted octanol–water partition coefficient (Wildman–Crippen LogP) is 20.0. The second kappa shape index (κ2) is 59.3. The molecular weight excluding hydrogens is 926 g/mol. The average Bonchev–Trinajstić information content (AvgIpc) is 3.37. The van der Waals surface area contributed by atoms with Gasteiger partial charge in [0.05, 0.1) is 105 Å². The Balaban J connectivity index is -0.000000263. The number of hydrogen-bond acceptors (Lipinski definition) is 0. The molecule has 0 N–H and O–H groups in total. The van der Waals surface area contributed by atoms with Gasteiger partial charge in [0.2, 0.25) is 0 Å². The van der Waals surface area contributed by atoms with Crippen LogP contribution in [-0.4, -0.2) is 123 Å². The van der Waals surface area contributed by atoms with Crippen molar-refractivity contribution in [2.24, 2.45) is 0 Å². The summed E-state index contributed by atoms with van der Waals surface area (Å²) in [6.45, 7) is 60.1. The van der Waals surface area contributed by atoms with Crippen LogP contribution in [0.25, 0.3) is 0 Å². The molecule has 0 atom stereocenters. The smallest absolute Gasteiger partial charge is 0.324 e. The van der Waals surface area contributed by atoms with Gasteiger partial charge < -0.3 is 17.9 Å². The van der Waals surface area contributed by atoms with Crippen LogP contribution in [0.5, 0.6) is 0 Å². The number of nitrogens with zero attached hydrogens (tertiary/aromatic N) is 4. The molecule has 0 saturated heterocycles. The fourth-order valence-electron chi connectivity index (χ4n) is 10.6. The predicted molar refractivity (Wildman–Crippen MR) is 317 cm³/mol. The van der Waals surface area contributed by atoms with Crippen LogP contribution in [0, 0.1) is 0 Å². The Bertz CT molecular complexity index is 616. The molecule has 69 heavy (non-hydrogen) atoms. The molecule has 0 aliphatic rings. The van der Waals surface area contributed by atoms with Crippen LogP contribution in [0.3, 0.4) is 0 Å². The zero-order valence-corrected chi connectivity index (χ0v) is 53.8. The fraction of sp³-hybridized carbons (Fsp3) is 1.00. The first kappa shape index (κ1) is 78.4. The van der Waals surface area contributed by atoms with Gasteiger partial charge in [0, 0.05) is 0 Å². The molecule has 0 heterocycles. The van der Waals surface area contributed by atoms with Crippen LogP contribution in [0.1, 0.15) is 316 Å². The Morgan fingerprint density at radius 2 is 0.188 bits per heavy atom. The molecule has 0 aliphatic heterocycles. The average molecular weight is 1070 g/mol. The van der Waals surface area contributed by atoms with E-state index in [0.29, 0.717) is 0 Å². The summed E-state index contributed by atoms with van der Waals surface area (Å²) in [5, 5.41) is 0.